The highest BCUT2D eigenvalue weighted by atomic mass is 32.2. The fourth-order valence-corrected chi connectivity index (χ4v) is 4.43. The van der Waals surface area contributed by atoms with Crippen LogP contribution in [-0.4, -0.2) is 64.6 Å². The van der Waals surface area contributed by atoms with Crippen molar-refractivity contribution in [2.24, 2.45) is 0 Å². The molecule has 0 unspecified atom stereocenters. The number of morpholine rings is 1. The number of benzene rings is 2. The summed E-state index contributed by atoms with van der Waals surface area (Å²) in [5.74, 6) is -0.651. The number of amides is 1. The molecule has 1 amide bonds. The predicted molar refractivity (Wildman–Crippen MR) is 113 cm³/mol. The monoisotopic (exact) mass is 448 g/mol. The lowest BCUT2D eigenvalue weighted by Crippen LogP contribution is -2.40. The van der Waals surface area contributed by atoms with Gasteiger partial charge in [0.05, 0.1) is 30.8 Å². The first-order chi connectivity index (χ1) is 14.8. The second-order valence-electron chi connectivity index (χ2n) is 6.85. The summed E-state index contributed by atoms with van der Waals surface area (Å²) in [6.07, 6.45) is 0. The van der Waals surface area contributed by atoms with Crippen molar-refractivity contribution < 1.29 is 32.2 Å². The summed E-state index contributed by atoms with van der Waals surface area (Å²) in [4.78, 5) is 24.6. The summed E-state index contributed by atoms with van der Waals surface area (Å²) in [6.45, 7) is 2.31. The summed E-state index contributed by atoms with van der Waals surface area (Å²) in [6, 6.07) is 11.0. The number of rotatable bonds is 7. The minimum atomic E-state index is -3.76. The van der Waals surface area contributed by atoms with Crippen LogP contribution in [0.2, 0.25) is 0 Å². The van der Waals surface area contributed by atoms with Crippen LogP contribution >= 0.6 is 0 Å². The molecule has 1 saturated heterocycles. The molecule has 0 aliphatic carbocycles. The van der Waals surface area contributed by atoms with E-state index in [4.69, 9.17) is 14.2 Å². The molecule has 1 aliphatic heterocycles. The quantitative estimate of drug-likeness (QED) is 0.643. The van der Waals surface area contributed by atoms with Gasteiger partial charge in [0, 0.05) is 18.8 Å². The second-order valence-corrected chi connectivity index (χ2v) is 8.78. The first kappa shape index (κ1) is 22.7. The zero-order chi connectivity index (χ0) is 22.4. The van der Waals surface area contributed by atoms with Crippen LogP contribution in [0.3, 0.4) is 0 Å². The highest BCUT2D eigenvalue weighted by Gasteiger charge is 2.27. The zero-order valence-electron chi connectivity index (χ0n) is 17.3. The van der Waals surface area contributed by atoms with Crippen molar-refractivity contribution in [2.75, 3.05) is 45.3 Å². The number of esters is 1. The van der Waals surface area contributed by atoms with Gasteiger partial charge in [0.25, 0.3) is 5.91 Å². The highest BCUT2D eigenvalue weighted by Crippen LogP contribution is 2.21. The molecule has 1 aliphatic rings. The number of carbonyl (C=O) groups excluding carboxylic acids is 2. The van der Waals surface area contributed by atoms with Crippen LogP contribution in [0.15, 0.2) is 47.4 Å². The molecular weight excluding hydrogens is 424 g/mol. The molecule has 31 heavy (non-hydrogen) atoms. The van der Waals surface area contributed by atoms with Gasteiger partial charge in [-0.3, -0.25) is 4.79 Å². The van der Waals surface area contributed by atoms with E-state index in [1.165, 1.54) is 23.5 Å². The first-order valence-electron chi connectivity index (χ1n) is 9.61. The van der Waals surface area contributed by atoms with Crippen molar-refractivity contribution in [2.45, 2.75) is 11.8 Å². The highest BCUT2D eigenvalue weighted by molar-refractivity contribution is 7.89. The lowest BCUT2D eigenvalue weighted by atomic mass is 10.1. The Bertz CT molecular complexity index is 1050. The maximum atomic E-state index is 12.8. The van der Waals surface area contributed by atoms with Crippen LogP contribution in [0.4, 0.5) is 5.69 Å². The van der Waals surface area contributed by atoms with E-state index in [0.29, 0.717) is 30.2 Å². The summed E-state index contributed by atoms with van der Waals surface area (Å²) in [5, 5.41) is 2.61. The normalized spacial score (nSPS) is 14.6. The molecule has 0 bridgehead atoms. The van der Waals surface area contributed by atoms with Crippen LogP contribution in [0.1, 0.15) is 15.9 Å². The first-order valence-corrected chi connectivity index (χ1v) is 11.0. The molecule has 3 rings (SSSR count). The molecule has 1 fully saturated rings. The van der Waals surface area contributed by atoms with E-state index in [2.05, 4.69) is 5.32 Å². The average Bonchev–Trinajstić information content (AvgIpc) is 2.78. The lowest BCUT2D eigenvalue weighted by molar-refractivity contribution is -0.119. The Balaban J connectivity index is 1.65. The number of carbonyl (C=O) groups is 2. The van der Waals surface area contributed by atoms with Crippen molar-refractivity contribution >= 4 is 27.6 Å². The van der Waals surface area contributed by atoms with Gasteiger partial charge in [-0.1, -0.05) is 6.07 Å². The molecule has 1 N–H and O–H groups in total. The van der Waals surface area contributed by atoms with Crippen molar-refractivity contribution in [3.8, 4) is 5.75 Å². The average molecular weight is 448 g/mol. The molecule has 0 atom stereocenters. The van der Waals surface area contributed by atoms with E-state index in [9.17, 15) is 18.0 Å². The summed E-state index contributed by atoms with van der Waals surface area (Å²) in [7, 11) is -2.22. The number of methoxy groups -OCH3 is 1. The molecule has 10 heteroatoms. The Hall–Kier alpha value is -2.95. The van der Waals surface area contributed by atoms with Gasteiger partial charge in [0.2, 0.25) is 10.0 Å². The third kappa shape index (κ3) is 5.60. The van der Waals surface area contributed by atoms with Gasteiger partial charge in [-0.05, 0) is 48.9 Å². The van der Waals surface area contributed by atoms with Gasteiger partial charge >= 0.3 is 5.97 Å². The van der Waals surface area contributed by atoms with Gasteiger partial charge in [-0.15, -0.1) is 0 Å². The van der Waals surface area contributed by atoms with Crippen LogP contribution in [0, 0.1) is 6.92 Å². The second kappa shape index (κ2) is 9.90. The van der Waals surface area contributed by atoms with Gasteiger partial charge in [0.15, 0.2) is 6.61 Å². The molecule has 0 saturated carbocycles. The Labute approximate surface area is 181 Å². The molecule has 0 radical (unpaired) electrons. The number of sulfonamides is 1. The molecule has 0 spiro atoms. The van der Waals surface area contributed by atoms with Crippen molar-refractivity contribution in [1.29, 1.82) is 0 Å². The third-order valence-electron chi connectivity index (χ3n) is 4.74. The predicted octanol–water partition coefficient (Wildman–Crippen LogP) is 1.82. The Morgan fingerprint density at radius 2 is 1.77 bits per heavy atom. The maximum Gasteiger partial charge on any atom is 0.338 e. The Morgan fingerprint density at radius 3 is 2.42 bits per heavy atom. The van der Waals surface area contributed by atoms with Gasteiger partial charge < -0.3 is 19.5 Å². The van der Waals surface area contributed by atoms with E-state index in [1.54, 1.807) is 37.3 Å². The van der Waals surface area contributed by atoms with Crippen LogP contribution in [-0.2, 0) is 24.3 Å². The maximum absolute atomic E-state index is 12.8. The molecule has 9 nitrogen and oxygen atoms in total. The Kier molecular flexibility index (Phi) is 7.26. The topological polar surface area (TPSA) is 111 Å². The molecule has 0 aromatic heterocycles. The summed E-state index contributed by atoms with van der Waals surface area (Å²) < 4.78 is 42.3. The molecular formula is C21H24N2O7S. The van der Waals surface area contributed by atoms with E-state index < -0.39 is 28.5 Å². The smallest absolute Gasteiger partial charge is 0.338 e. The molecule has 166 valence electrons. The SMILES string of the molecule is COc1ccc(NC(=O)COC(=O)c2cc(S(=O)(=O)N3CCOCC3)ccc2C)cc1. The molecule has 2 aromatic rings. The number of nitrogens with zero attached hydrogens (tertiary/aromatic N) is 1. The number of hydrogen-bond acceptors (Lipinski definition) is 7. The minimum absolute atomic E-state index is 0.00497. The zero-order valence-corrected chi connectivity index (χ0v) is 18.1. The number of anilines is 1. The van der Waals surface area contributed by atoms with Crippen LogP contribution < -0.4 is 10.1 Å². The molecule has 2 aromatic carbocycles. The fraction of sp³-hybridized carbons (Fsp3) is 0.333. The van der Waals surface area contributed by atoms with Gasteiger partial charge in [-0.2, -0.15) is 4.31 Å². The van der Waals surface area contributed by atoms with Gasteiger partial charge in [0.1, 0.15) is 5.75 Å². The third-order valence-corrected chi connectivity index (χ3v) is 6.64. The van der Waals surface area contributed by atoms with Gasteiger partial charge in [-0.25, -0.2) is 13.2 Å². The number of aryl methyl sites for hydroxylation is 1. The standard InChI is InChI=1S/C21H24N2O7S/c1-15-3-8-18(31(26,27)23-9-11-29-12-10-23)13-19(15)21(25)30-14-20(24)22-16-4-6-17(28-2)7-5-16/h3-8,13H,9-12,14H2,1-2H3,(H,22,24). The largest absolute Gasteiger partial charge is 0.497 e. The number of hydrogen-bond donors (Lipinski definition) is 1. The summed E-state index contributed by atoms with van der Waals surface area (Å²) >= 11 is 0. The van der Waals surface area contributed by atoms with E-state index >= 15 is 0 Å². The minimum Gasteiger partial charge on any atom is -0.497 e. The van der Waals surface area contributed by atoms with E-state index in [1.807, 2.05) is 0 Å². The van der Waals surface area contributed by atoms with E-state index in [-0.39, 0.29) is 23.5 Å². The lowest BCUT2D eigenvalue weighted by Gasteiger charge is -2.26. The van der Waals surface area contributed by atoms with Crippen molar-refractivity contribution in [3.05, 3.63) is 53.6 Å². The fourth-order valence-electron chi connectivity index (χ4n) is 3.00. The van der Waals surface area contributed by atoms with Crippen LogP contribution in [0.5, 0.6) is 5.75 Å². The van der Waals surface area contributed by atoms with Crippen LogP contribution in [0.25, 0.3) is 0 Å². The number of nitrogens with one attached hydrogen (secondary N) is 1. The Morgan fingerprint density at radius 1 is 1.10 bits per heavy atom. The summed E-state index contributed by atoms with van der Waals surface area (Å²) in [5.41, 5.74) is 1.16. The van der Waals surface area contributed by atoms with E-state index in [0.717, 1.165) is 0 Å². The van der Waals surface area contributed by atoms with Crippen molar-refractivity contribution in [3.63, 3.8) is 0 Å². The van der Waals surface area contributed by atoms with Crippen molar-refractivity contribution in [1.82, 2.24) is 4.31 Å². The molecule has 1 heterocycles. The number of ether oxygens (including phenoxy) is 3.